The van der Waals surface area contributed by atoms with Gasteiger partial charge in [0.1, 0.15) is 23.1 Å². The van der Waals surface area contributed by atoms with Crippen LogP contribution in [0.4, 0.5) is 28.4 Å². The number of nitro benzene ring substituents is 1. The summed E-state index contributed by atoms with van der Waals surface area (Å²) in [6.07, 6.45) is 9.18. The number of aliphatic hydroxyl groups is 1. The minimum atomic E-state index is -4.62. The Labute approximate surface area is 421 Å². The lowest BCUT2D eigenvalue weighted by Gasteiger charge is -2.59. The summed E-state index contributed by atoms with van der Waals surface area (Å²) >= 11 is 0. The average Bonchev–Trinajstić information content (AvgIpc) is 3.82. The molecule has 5 fully saturated rings. The Morgan fingerprint density at radius 1 is 0.986 bits per heavy atom. The number of nitrogens with zero attached hydrogens (tertiary/aromatic N) is 6. The van der Waals surface area contributed by atoms with Crippen molar-refractivity contribution in [2.45, 2.75) is 119 Å². The second-order valence-electron chi connectivity index (χ2n) is 22.0. The predicted molar refractivity (Wildman–Crippen MR) is 277 cm³/mol. The highest BCUT2D eigenvalue weighted by molar-refractivity contribution is 7.90. The van der Waals surface area contributed by atoms with Gasteiger partial charge in [-0.05, 0) is 151 Å². The van der Waals surface area contributed by atoms with Crippen LogP contribution >= 0.6 is 0 Å². The summed E-state index contributed by atoms with van der Waals surface area (Å²) in [5.41, 5.74) is 4.92. The molecule has 17 nitrogen and oxygen atoms in total. The van der Waals surface area contributed by atoms with Gasteiger partial charge < -0.3 is 39.6 Å². The third-order valence-corrected chi connectivity index (χ3v) is 18.5. The minimum absolute atomic E-state index is 0.119. The first-order valence-corrected chi connectivity index (χ1v) is 27.3. The molecule has 1 amide bonds. The summed E-state index contributed by atoms with van der Waals surface area (Å²) in [5, 5.41) is 26.8. The Hall–Kier alpha value is -5.79. The third-order valence-electron chi connectivity index (χ3n) is 17.2. The van der Waals surface area contributed by atoms with Crippen molar-refractivity contribution in [1.82, 2.24) is 24.5 Å². The Morgan fingerprint density at radius 2 is 1.76 bits per heavy atom. The molecule has 5 aromatic rings. The molecule has 4 N–H and O–H groups in total. The second-order valence-corrected chi connectivity index (χ2v) is 23.7. The molecule has 72 heavy (non-hydrogen) atoms. The monoisotopic (exact) mass is 1000 g/mol. The molecule has 6 aliphatic rings. The standard InChI is InChI=1S/C54H67N9O8S/c1-34-7-5-6-8-41(34)48-32-59(4)35(2)31-61(48)39-28-54(29-39)19-22-60(23-20-54)38-9-11-42(45(26-38)62-44-16-24-70-33-49(44)71-52-47(62)25-37-15-21-55-50(37)57-52)51(64)58-72(68,69)40-10-12-43(46(27-40)63(66)67)56-30-36-13-17-53(3,65)18-14-36/h5-12,15,21,25-27,35-36,39,44,48-49,56,65H,13-14,16-20,22-24,28-33H2,1-4H3,(H,55,57)(H,58,64)/t35-,36-,44+,48+,49+,53-/m1/s1. The number of pyridine rings is 1. The van der Waals surface area contributed by atoms with Gasteiger partial charge in [0, 0.05) is 80.8 Å². The summed E-state index contributed by atoms with van der Waals surface area (Å²) in [5.74, 6) is -0.303. The number of aryl methyl sites for hydroxylation is 1. The summed E-state index contributed by atoms with van der Waals surface area (Å²) in [7, 11) is -2.37. The zero-order valence-corrected chi connectivity index (χ0v) is 42.5. The fourth-order valence-electron chi connectivity index (χ4n) is 12.6. The molecule has 3 aromatic carbocycles. The lowest BCUT2D eigenvalue weighted by Crippen LogP contribution is -2.61. The van der Waals surface area contributed by atoms with Crippen molar-refractivity contribution >= 4 is 55.4 Å². The maximum Gasteiger partial charge on any atom is 0.293 e. The van der Waals surface area contributed by atoms with Crippen molar-refractivity contribution in [2.24, 2.45) is 11.3 Å². The maximum absolute atomic E-state index is 14.7. The highest BCUT2D eigenvalue weighted by Crippen LogP contribution is 2.54. The molecule has 4 atom stereocenters. The van der Waals surface area contributed by atoms with E-state index in [4.69, 9.17) is 14.5 Å². The van der Waals surface area contributed by atoms with Crippen LogP contribution in [-0.2, 0) is 14.8 Å². The van der Waals surface area contributed by atoms with Crippen LogP contribution in [0.2, 0.25) is 0 Å². The van der Waals surface area contributed by atoms with Gasteiger partial charge in [0.25, 0.3) is 21.6 Å². The maximum atomic E-state index is 14.7. The number of benzene rings is 3. The minimum Gasteiger partial charge on any atom is -0.468 e. The number of ether oxygens (including phenoxy) is 2. The molecule has 3 saturated heterocycles. The number of rotatable bonds is 11. The molecule has 18 heteroatoms. The molecule has 2 saturated carbocycles. The van der Waals surface area contributed by atoms with Crippen LogP contribution in [0.15, 0.2) is 83.9 Å². The summed E-state index contributed by atoms with van der Waals surface area (Å²) in [6.45, 7) is 11.3. The van der Waals surface area contributed by atoms with Crippen molar-refractivity contribution in [3.63, 3.8) is 0 Å². The SMILES string of the molecule is Cc1ccccc1[C@@H]1CN(C)[C@H](C)CN1C1CC2(CCN(c3ccc(C(=O)NS(=O)(=O)c4ccc(NC[C@H]5CC[C@](C)(O)CC5)c([N+](=O)[O-])c4)c(N4c5cc6cc[nH]c6nc5O[C@H]5COCC[C@@H]54)c3)CC2)C1. The quantitative estimate of drug-likeness (QED) is 0.0732. The number of carbonyl (C=O) groups is 1. The number of aromatic nitrogens is 2. The first-order valence-electron chi connectivity index (χ1n) is 25.8. The van der Waals surface area contributed by atoms with Crippen LogP contribution in [0.3, 0.4) is 0 Å². The Kier molecular flexibility index (Phi) is 12.7. The molecule has 2 aliphatic carbocycles. The topological polar surface area (TPSA) is 199 Å². The number of sulfonamides is 1. The number of piperazine rings is 1. The van der Waals surface area contributed by atoms with Gasteiger partial charge in [0.15, 0.2) is 0 Å². The molecular weight excluding hydrogens is 935 g/mol. The van der Waals surface area contributed by atoms with Crippen LogP contribution in [0.25, 0.3) is 11.0 Å². The number of H-pyrrole nitrogens is 1. The molecule has 0 bridgehead atoms. The first-order chi connectivity index (χ1) is 34.5. The number of aromatic amines is 1. The average molecular weight is 1000 g/mol. The van der Waals surface area contributed by atoms with Crippen LogP contribution in [-0.4, -0.2) is 127 Å². The number of likely N-dealkylation sites (N-methyl/N-ethyl adjacent to an activating group) is 1. The van der Waals surface area contributed by atoms with E-state index in [1.165, 1.54) is 36.1 Å². The van der Waals surface area contributed by atoms with E-state index in [1.54, 1.807) is 6.07 Å². The number of carbonyl (C=O) groups excluding carboxylic acids is 1. The van der Waals surface area contributed by atoms with Crippen LogP contribution < -0.4 is 24.6 Å². The van der Waals surface area contributed by atoms with E-state index >= 15 is 0 Å². The van der Waals surface area contributed by atoms with E-state index in [9.17, 15) is 28.4 Å². The molecule has 1 spiro atoms. The predicted octanol–water partition coefficient (Wildman–Crippen LogP) is 8.07. The summed E-state index contributed by atoms with van der Waals surface area (Å²) in [6, 6.07) is 23.1. The number of hydrogen-bond acceptors (Lipinski definition) is 14. The van der Waals surface area contributed by atoms with Crippen molar-refractivity contribution < 1.29 is 32.7 Å². The molecule has 11 rings (SSSR count). The van der Waals surface area contributed by atoms with E-state index in [-0.39, 0.29) is 28.6 Å². The number of piperidine rings is 1. The van der Waals surface area contributed by atoms with E-state index < -0.39 is 43.1 Å². The number of nitro groups is 1. The molecule has 4 aliphatic heterocycles. The van der Waals surface area contributed by atoms with E-state index in [0.29, 0.717) is 80.0 Å². The molecular formula is C54H67N9O8S. The van der Waals surface area contributed by atoms with Gasteiger partial charge in [-0.1, -0.05) is 24.3 Å². The molecule has 2 aromatic heterocycles. The van der Waals surface area contributed by atoms with Gasteiger partial charge in [0.2, 0.25) is 5.88 Å². The van der Waals surface area contributed by atoms with Crippen LogP contribution in [0.1, 0.15) is 99.2 Å². The Bertz CT molecular complexity index is 2970. The molecule has 0 unspecified atom stereocenters. The van der Waals surface area contributed by atoms with Gasteiger partial charge in [-0.25, -0.2) is 13.1 Å². The van der Waals surface area contributed by atoms with Gasteiger partial charge >= 0.3 is 0 Å². The number of nitrogens with one attached hydrogen (secondary N) is 3. The lowest BCUT2D eigenvalue weighted by molar-refractivity contribution is -0.384. The van der Waals surface area contributed by atoms with Crippen molar-refractivity contribution in [1.29, 1.82) is 0 Å². The lowest BCUT2D eigenvalue weighted by atomic mass is 9.59. The number of amides is 1. The zero-order chi connectivity index (χ0) is 50.1. The van der Waals surface area contributed by atoms with E-state index in [1.807, 2.05) is 37.4 Å². The highest BCUT2D eigenvalue weighted by Gasteiger charge is 2.51. The highest BCUT2D eigenvalue weighted by atomic mass is 32.2. The van der Waals surface area contributed by atoms with Gasteiger partial charge in [0.05, 0.1) is 39.3 Å². The molecule has 382 valence electrons. The smallest absolute Gasteiger partial charge is 0.293 e. The number of fused-ring (bicyclic) bond motifs is 3. The fourth-order valence-corrected chi connectivity index (χ4v) is 13.6. The first kappa shape index (κ1) is 48.5. The Morgan fingerprint density at radius 3 is 2.53 bits per heavy atom. The zero-order valence-electron chi connectivity index (χ0n) is 41.7. The van der Waals surface area contributed by atoms with Gasteiger partial charge in [-0.2, -0.15) is 4.98 Å². The van der Waals surface area contributed by atoms with E-state index in [2.05, 4.69) is 79.8 Å². The second kappa shape index (κ2) is 18.9. The van der Waals surface area contributed by atoms with E-state index in [0.717, 1.165) is 69.0 Å². The summed E-state index contributed by atoms with van der Waals surface area (Å²) in [4.78, 5) is 43.9. The normalized spacial score (nSPS) is 26.9. The molecule has 0 radical (unpaired) electrons. The van der Waals surface area contributed by atoms with Gasteiger partial charge in [-0.3, -0.25) is 19.8 Å². The van der Waals surface area contributed by atoms with Crippen LogP contribution in [0.5, 0.6) is 5.88 Å². The van der Waals surface area contributed by atoms with Crippen LogP contribution in [0, 0.1) is 28.4 Å². The van der Waals surface area contributed by atoms with Crippen molar-refractivity contribution in [3.05, 3.63) is 106 Å². The third kappa shape index (κ3) is 9.29. The largest absolute Gasteiger partial charge is 0.468 e. The molecule has 6 heterocycles. The van der Waals surface area contributed by atoms with Crippen molar-refractivity contribution in [2.75, 3.05) is 68.1 Å². The fraction of sp³-hybridized carbons (Fsp3) is 0.519. The Balaban J connectivity index is 0.868. The number of hydrogen-bond donors (Lipinski definition) is 4. The van der Waals surface area contributed by atoms with Crippen molar-refractivity contribution in [3.8, 4) is 5.88 Å². The van der Waals surface area contributed by atoms with Gasteiger partial charge in [-0.15, -0.1) is 0 Å². The summed E-state index contributed by atoms with van der Waals surface area (Å²) < 4.78 is 43.1. The number of anilines is 4.